The van der Waals surface area contributed by atoms with Crippen LogP contribution >= 0.6 is 31.9 Å². The zero-order chi connectivity index (χ0) is 9.84. The van der Waals surface area contributed by atoms with Crippen LogP contribution in [0.15, 0.2) is 27.1 Å². The van der Waals surface area contributed by atoms with Crippen molar-refractivity contribution in [1.29, 1.82) is 0 Å². The van der Waals surface area contributed by atoms with E-state index in [1.54, 1.807) is 0 Å². The second kappa shape index (κ2) is 4.77. The molecular weight excluding hydrogens is 300 g/mol. The van der Waals surface area contributed by atoms with Gasteiger partial charge in [0.2, 0.25) is 0 Å². The van der Waals surface area contributed by atoms with Crippen molar-refractivity contribution in [3.05, 3.63) is 32.7 Å². The number of halogens is 2. The molecule has 0 heterocycles. The van der Waals surface area contributed by atoms with Crippen LogP contribution in [0.4, 0.5) is 0 Å². The van der Waals surface area contributed by atoms with Crippen LogP contribution in [-0.4, -0.2) is 13.1 Å². The van der Waals surface area contributed by atoms with Crippen LogP contribution in [0, 0.1) is 0 Å². The van der Waals surface area contributed by atoms with E-state index in [0.717, 1.165) is 14.5 Å². The highest BCUT2D eigenvalue weighted by molar-refractivity contribution is 9.11. The van der Waals surface area contributed by atoms with Gasteiger partial charge < -0.3 is 4.74 Å². The zero-order valence-corrected chi connectivity index (χ0v) is 10.2. The van der Waals surface area contributed by atoms with Gasteiger partial charge in [0, 0.05) is 8.95 Å². The zero-order valence-electron chi connectivity index (χ0n) is 7.01. The van der Waals surface area contributed by atoms with Gasteiger partial charge in [-0.05, 0) is 17.7 Å². The average molecular weight is 308 g/mol. The number of benzene rings is 1. The Bertz CT molecular complexity index is 303. The molecule has 0 amide bonds. The summed E-state index contributed by atoms with van der Waals surface area (Å²) in [6.45, 7) is 0. The summed E-state index contributed by atoms with van der Waals surface area (Å²) in [7, 11) is 1.38. The lowest BCUT2D eigenvalue weighted by molar-refractivity contribution is -0.139. The quantitative estimate of drug-likeness (QED) is 0.785. The van der Waals surface area contributed by atoms with Crippen LogP contribution in [0.5, 0.6) is 0 Å². The van der Waals surface area contributed by atoms with Crippen LogP contribution < -0.4 is 0 Å². The molecule has 0 aliphatic heterocycles. The van der Waals surface area contributed by atoms with E-state index in [4.69, 9.17) is 0 Å². The van der Waals surface area contributed by atoms with Crippen LogP contribution in [0.2, 0.25) is 0 Å². The maximum absolute atomic E-state index is 11.0. The minimum Gasteiger partial charge on any atom is -0.469 e. The molecule has 0 N–H and O–H groups in total. The molecule has 2 nitrogen and oxygen atoms in total. The molecule has 1 aromatic rings. The maximum Gasteiger partial charge on any atom is 0.310 e. The number of rotatable bonds is 2. The second-order valence-corrected chi connectivity index (χ2v) is 4.16. The second-order valence-electron chi connectivity index (χ2n) is 2.45. The Kier molecular flexibility index (Phi) is 3.93. The summed E-state index contributed by atoms with van der Waals surface area (Å²) in [5, 5.41) is 0. The molecule has 0 aliphatic rings. The highest BCUT2D eigenvalue weighted by Gasteiger charge is 2.09. The Morgan fingerprint density at radius 2 is 1.92 bits per heavy atom. The van der Waals surface area contributed by atoms with Crippen LogP contribution in [0.25, 0.3) is 0 Å². The fraction of sp³-hybridized carbons (Fsp3) is 0.222. The highest BCUT2D eigenvalue weighted by Crippen LogP contribution is 2.25. The van der Waals surface area contributed by atoms with Gasteiger partial charge in [0.05, 0.1) is 13.5 Å². The summed E-state index contributed by atoms with van der Waals surface area (Å²) in [4.78, 5) is 11.0. The molecule has 0 aromatic heterocycles. The SMILES string of the molecule is COC(=O)Cc1c(Br)cccc1Br. The van der Waals surface area contributed by atoms with Gasteiger partial charge in [-0.15, -0.1) is 0 Å². The summed E-state index contributed by atoms with van der Waals surface area (Å²) in [6, 6.07) is 5.68. The topological polar surface area (TPSA) is 26.3 Å². The molecule has 1 rings (SSSR count). The van der Waals surface area contributed by atoms with Crippen LogP contribution in [-0.2, 0) is 16.0 Å². The Labute approximate surface area is 93.5 Å². The largest absolute Gasteiger partial charge is 0.469 e. The first-order chi connectivity index (χ1) is 6.15. The van der Waals surface area contributed by atoms with E-state index < -0.39 is 0 Å². The highest BCUT2D eigenvalue weighted by atomic mass is 79.9. The van der Waals surface area contributed by atoms with Crippen molar-refractivity contribution in [3.8, 4) is 0 Å². The number of carbonyl (C=O) groups is 1. The Morgan fingerprint density at radius 1 is 1.38 bits per heavy atom. The lowest BCUT2D eigenvalue weighted by atomic mass is 10.1. The van der Waals surface area contributed by atoms with Gasteiger partial charge >= 0.3 is 5.97 Å². The molecule has 0 saturated heterocycles. The van der Waals surface area contributed by atoms with E-state index in [1.807, 2.05) is 18.2 Å². The van der Waals surface area contributed by atoms with Gasteiger partial charge in [-0.1, -0.05) is 37.9 Å². The maximum atomic E-state index is 11.0. The number of ether oxygens (including phenoxy) is 1. The molecule has 70 valence electrons. The van der Waals surface area contributed by atoms with Crippen molar-refractivity contribution in [2.24, 2.45) is 0 Å². The molecule has 0 fully saturated rings. The van der Waals surface area contributed by atoms with Crippen LogP contribution in [0.1, 0.15) is 5.56 Å². The van der Waals surface area contributed by atoms with Gasteiger partial charge in [-0.2, -0.15) is 0 Å². The number of hydrogen-bond acceptors (Lipinski definition) is 2. The van der Waals surface area contributed by atoms with E-state index >= 15 is 0 Å². The predicted molar refractivity (Wildman–Crippen MR) is 57.6 cm³/mol. The fourth-order valence-corrected chi connectivity index (χ4v) is 2.20. The van der Waals surface area contributed by atoms with Crippen molar-refractivity contribution in [1.82, 2.24) is 0 Å². The Morgan fingerprint density at radius 3 is 2.38 bits per heavy atom. The van der Waals surface area contributed by atoms with Crippen molar-refractivity contribution in [2.45, 2.75) is 6.42 Å². The van der Waals surface area contributed by atoms with Gasteiger partial charge in [0.25, 0.3) is 0 Å². The summed E-state index contributed by atoms with van der Waals surface area (Å²) < 4.78 is 6.40. The minimum absolute atomic E-state index is 0.243. The van der Waals surface area contributed by atoms with Gasteiger partial charge in [-0.3, -0.25) is 4.79 Å². The summed E-state index contributed by atoms with van der Waals surface area (Å²) in [5.41, 5.74) is 0.911. The third kappa shape index (κ3) is 2.81. The normalized spacial score (nSPS) is 9.77. The van der Waals surface area contributed by atoms with Gasteiger partial charge in [0.15, 0.2) is 0 Å². The van der Waals surface area contributed by atoms with E-state index in [-0.39, 0.29) is 12.4 Å². The van der Waals surface area contributed by atoms with E-state index in [9.17, 15) is 4.79 Å². The van der Waals surface area contributed by atoms with Gasteiger partial charge in [0.1, 0.15) is 0 Å². The van der Waals surface area contributed by atoms with E-state index in [2.05, 4.69) is 36.6 Å². The summed E-state index contributed by atoms with van der Waals surface area (Å²) in [6.07, 6.45) is 0.276. The molecule has 0 aliphatic carbocycles. The van der Waals surface area contributed by atoms with Crippen molar-refractivity contribution in [3.63, 3.8) is 0 Å². The minimum atomic E-state index is -0.243. The monoisotopic (exact) mass is 306 g/mol. The van der Waals surface area contributed by atoms with E-state index in [1.165, 1.54) is 7.11 Å². The predicted octanol–water partition coefficient (Wildman–Crippen LogP) is 2.93. The van der Waals surface area contributed by atoms with Crippen molar-refractivity contribution < 1.29 is 9.53 Å². The first-order valence-corrected chi connectivity index (χ1v) is 5.23. The molecule has 0 atom stereocenters. The molecule has 0 unspecified atom stereocenters. The summed E-state index contributed by atoms with van der Waals surface area (Å²) in [5.74, 6) is -0.243. The first-order valence-electron chi connectivity index (χ1n) is 3.65. The van der Waals surface area contributed by atoms with Crippen LogP contribution in [0.3, 0.4) is 0 Å². The third-order valence-electron chi connectivity index (χ3n) is 1.61. The molecule has 4 heteroatoms. The number of esters is 1. The Balaban J connectivity index is 2.93. The standard InChI is InChI=1S/C9H8Br2O2/c1-13-9(12)5-6-7(10)3-2-4-8(6)11/h2-4H,5H2,1H3. The van der Waals surface area contributed by atoms with Crippen molar-refractivity contribution in [2.75, 3.05) is 7.11 Å². The number of methoxy groups -OCH3 is 1. The third-order valence-corrected chi connectivity index (χ3v) is 3.10. The Hall–Kier alpha value is -0.350. The number of hydrogen-bond donors (Lipinski definition) is 0. The molecule has 0 bridgehead atoms. The smallest absolute Gasteiger partial charge is 0.310 e. The molecular formula is C9H8Br2O2. The molecule has 0 spiro atoms. The fourth-order valence-electron chi connectivity index (χ4n) is 0.918. The molecule has 0 radical (unpaired) electrons. The average Bonchev–Trinajstić information content (AvgIpc) is 2.11. The lowest BCUT2D eigenvalue weighted by Crippen LogP contribution is -2.05. The summed E-state index contributed by atoms with van der Waals surface area (Å²) >= 11 is 6.73. The first kappa shape index (κ1) is 10.7. The van der Waals surface area contributed by atoms with E-state index in [0.29, 0.717) is 0 Å². The van der Waals surface area contributed by atoms with Gasteiger partial charge in [-0.25, -0.2) is 0 Å². The van der Waals surface area contributed by atoms with Crippen molar-refractivity contribution >= 4 is 37.8 Å². The molecule has 0 saturated carbocycles. The molecule has 1 aromatic carbocycles. The molecule has 13 heavy (non-hydrogen) atoms. The number of carbonyl (C=O) groups excluding carboxylic acids is 1. The lowest BCUT2D eigenvalue weighted by Gasteiger charge is -2.05.